The predicted molar refractivity (Wildman–Crippen MR) is 84.8 cm³/mol. The topological polar surface area (TPSA) is 61.8 Å². The molecule has 0 radical (unpaired) electrons. The van der Waals surface area contributed by atoms with Crippen LogP contribution in [-0.2, 0) is 9.53 Å². The first-order chi connectivity index (χ1) is 10.5. The highest BCUT2D eigenvalue weighted by Crippen LogP contribution is 2.44. The molecule has 1 aliphatic heterocycles. The summed E-state index contributed by atoms with van der Waals surface area (Å²) < 4.78 is 16.9. The Morgan fingerprint density at radius 3 is 2.50 bits per heavy atom. The molecule has 120 valence electrons. The summed E-state index contributed by atoms with van der Waals surface area (Å²) in [7, 11) is 0. The van der Waals surface area contributed by atoms with Gasteiger partial charge in [0.25, 0.3) is 5.78 Å². The number of hydrogen-bond acceptors (Lipinski definition) is 5. The zero-order chi connectivity index (χ0) is 16.3. The molecule has 0 aromatic heterocycles. The highest BCUT2D eigenvalue weighted by Gasteiger charge is 2.29. The second-order valence-corrected chi connectivity index (χ2v) is 6.09. The monoisotopic (exact) mass is 370 g/mol. The zero-order valence-electron chi connectivity index (χ0n) is 12.9. The summed E-state index contributed by atoms with van der Waals surface area (Å²) in [5.41, 5.74) is 0.975. The Kier molecular flexibility index (Phi) is 5.45. The third kappa shape index (κ3) is 3.27. The van der Waals surface area contributed by atoms with Crippen LogP contribution >= 0.6 is 15.9 Å². The van der Waals surface area contributed by atoms with Crippen molar-refractivity contribution in [1.82, 2.24) is 0 Å². The molecule has 0 atom stereocenters. The zero-order valence-corrected chi connectivity index (χ0v) is 14.5. The lowest BCUT2D eigenvalue weighted by molar-refractivity contribution is -0.137. The third-order valence-electron chi connectivity index (χ3n) is 3.29. The van der Waals surface area contributed by atoms with Crippen molar-refractivity contribution in [1.29, 1.82) is 0 Å². The number of ketones is 1. The SMILES string of the molecule is CCOC(=O)C(=O)c1cc(Br)c2c(c1C(C)C)OCCCO2. The molecule has 1 aromatic carbocycles. The van der Waals surface area contributed by atoms with Gasteiger partial charge in [-0.15, -0.1) is 0 Å². The van der Waals surface area contributed by atoms with Crippen LogP contribution in [0.3, 0.4) is 0 Å². The molecule has 0 unspecified atom stereocenters. The molecule has 5 nitrogen and oxygen atoms in total. The number of carbonyl (C=O) groups excluding carboxylic acids is 2. The molecule has 0 bridgehead atoms. The quantitative estimate of drug-likeness (QED) is 0.461. The molecule has 0 saturated carbocycles. The van der Waals surface area contributed by atoms with Crippen molar-refractivity contribution >= 4 is 27.7 Å². The minimum atomic E-state index is -0.856. The Labute approximate surface area is 138 Å². The van der Waals surface area contributed by atoms with Crippen LogP contribution in [0.15, 0.2) is 10.5 Å². The molecule has 6 heteroatoms. The van der Waals surface area contributed by atoms with E-state index in [4.69, 9.17) is 14.2 Å². The highest BCUT2D eigenvalue weighted by molar-refractivity contribution is 9.10. The van der Waals surface area contributed by atoms with E-state index in [9.17, 15) is 9.59 Å². The van der Waals surface area contributed by atoms with Crippen LogP contribution in [0.4, 0.5) is 0 Å². The fraction of sp³-hybridized carbons (Fsp3) is 0.500. The first kappa shape index (κ1) is 16.8. The second kappa shape index (κ2) is 7.13. The fourth-order valence-corrected chi connectivity index (χ4v) is 2.90. The second-order valence-electron chi connectivity index (χ2n) is 5.23. The van der Waals surface area contributed by atoms with Gasteiger partial charge in [-0.25, -0.2) is 4.79 Å². The van der Waals surface area contributed by atoms with Crippen LogP contribution in [-0.4, -0.2) is 31.6 Å². The van der Waals surface area contributed by atoms with Crippen LogP contribution < -0.4 is 9.47 Å². The highest BCUT2D eigenvalue weighted by atomic mass is 79.9. The fourth-order valence-electron chi connectivity index (χ4n) is 2.38. The molecule has 1 heterocycles. The Morgan fingerprint density at radius 2 is 1.91 bits per heavy atom. The average Bonchev–Trinajstić information content (AvgIpc) is 2.72. The molecule has 22 heavy (non-hydrogen) atoms. The Bertz CT molecular complexity index is 595. The van der Waals surface area contributed by atoms with Gasteiger partial charge in [-0.3, -0.25) is 4.79 Å². The van der Waals surface area contributed by atoms with Crippen LogP contribution in [0.5, 0.6) is 11.5 Å². The predicted octanol–water partition coefficient (Wildman–Crippen LogP) is 3.48. The maximum Gasteiger partial charge on any atom is 0.379 e. The molecular formula is C16H19BrO5. The van der Waals surface area contributed by atoms with E-state index in [1.54, 1.807) is 13.0 Å². The average molecular weight is 371 g/mol. The van der Waals surface area contributed by atoms with Gasteiger partial charge >= 0.3 is 5.97 Å². The van der Waals surface area contributed by atoms with Crippen molar-refractivity contribution in [2.75, 3.05) is 19.8 Å². The number of Topliss-reactive ketones (excluding diaryl/α,β-unsaturated/α-hetero) is 1. The summed E-state index contributed by atoms with van der Waals surface area (Å²) in [5, 5.41) is 0. The summed E-state index contributed by atoms with van der Waals surface area (Å²) in [5.74, 6) is -0.402. The summed E-state index contributed by atoms with van der Waals surface area (Å²) in [6.07, 6.45) is 0.764. The van der Waals surface area contributed by atoms with Gasteiger partial charge in [0.1, 0.15) is 0 Å². The number of esters is 1. The summed E-state index contributed by atoms with van der Waals surface area (Å²) in [6.45, 7) is 6.77. The van der Waals surface area contributed by atoms with E-state index in [-0.39, 0.29) is 12.5 Å². The summed E-state index contributed by atoms with van der Waals surface area (Å²) >= 11 is 3.40. The van der Waals surface area contributed by atoms with E-state index in [0.29, 0.717) is 40.3 Å². The van der Waals surface area contributed by atoms with Crippen LogP contribution in [0.1, 0.15) is 49.0 Å². The smallest absolute Gasteiger partial charge is 0.379 e. The normalized spacial score (nSPS) is 13.7. The molecule has 1 aromatic rings. The number of rotatable bonds is 4. The van der Waals surface area contributed by atoms with Crippen molar-refractivity contribution in [3.63, 3.8) is 0 Å². The van der Waals surface area contributed by atoms with Crippen molar-refractivity contribution in [3.05, 3.63) is 21.7 Å². The number of carbonyl (C=O) groups is 2. The van der Waals surface area contributed by atoms with Gasteiger partial charge in [-0.2, -0.15) is 0 Å². The molecule has 0 fully saturated rings. The largest absolute Gasteiger partial charge is 0.489 e. The van der Waals surface area contributed by atoms with Gasteiger partial charge in [-0.05, 0) is 34.8 Å². The number of fused-ring (bicyclic) bond motifs is 1. The Hall–Kier alpha value is -1.56. The van der Waals surface area contributed by atoms with E-state index in [1.807, 2.05) is 13.8 Å². The summed E-state index contributed by atoms with van der Waals surface area (Å²) in [6, 6.07) is 1.61. The molecule has 0 aliphatic carbocycles. The van der Waals surface area contributed by atoms with Crippen LogP contribution in [0.25, 0.3) is 0 Å². The van der Waals surface area contributed by atoms with E-state index in [0.717, 1.165) is 6.42 Å². The Balaban J connectivity index is 2.59. The summed E-state index contributed by atoms with van der Waals surface area (Å²) in [4.78, 5) is 24.2. The van der Waals surface area contributed by atoms with E-state index < -0.39 is 11.8 Å². The van der Waals surface area contributed by atoms with E-state index in [2.05, 4.69) is 15.9 Å². The molecule has 0 saturated heterocycles. The minimum Gasteiger partial charge on any atom is -0.489 e. The van der Waals surface area contributed by atoms with Crippen LogP contribution in [0, 0.1) is 0 Å². The molecule has 0 N–H and O–H groups in total. The lowest BCUT2D eigenvalue weighted by Crippen LogP contribution is -2.20. The van der Waals surface area contributed by atoms with Crippen molar-refractivity contribution in [2.24, 2.45) is 0 Å². The van der Waals surface area contributed by atoms with Gasteiger partial charge in [-0.1, -0.05) is 13.8 Å². The number of hydrogen-bond donors (Lipinski definition) is 0. The molecular weight excluding hydrogens is 352 g/mol. The van der Waals surface area contributed by atoms with E-state index in [1.165, 1.54) is 0 Å². The first-order valence-electron chi connectivity index (χ1n) is 7.30. The standard InChI is InChI=1S/C16H19BrO5/c1-4-20-16(19)13(18)10-8-11(17)14-15(12(10)9(2)3)22-7-5-6-21-14/h8-9H,4-7H2,1-3H3. The molecule has 0 spiro atoms. The maximum atomic E-state index is 12.4. The third-order valence-corrected chi connectivity index (χ3v) is 3.88. The molecule has 0 amide bonds. The van der Waals surface area contributed by atoms with Crippen molar-refractivity contribution < 1.29 is 23.8 Å². The van der Waals surface area contributed by atoms with Crippen LogP contribution in [0.2, 0.25) is 0 Å². The molecule has 2 rings (SSSR count). The first-order valence-corrected chi connectivity index (χ1v) is 8.10. The number of benzene rings is 1. The lowest BCUT2D eigenvalue weighted by atomic mass is 9.93. The lowest BCUT2D eigenvalue weighted by Gasteiger charge is -2.19. The Morgan fingerprint density at radius 1 is 1.27 bits per heavy atom. The van der Waals surface area contributed by atoms with Crippen molar-refractivity contribution in [3.8, 4) is 11.5 Å². The van der Waals surface area contributed by atoms with Gasteiger partial charge in [0.05, 0.1) is 24.3 Å². The number of halogens is 1. The van der Waals surface area contributed by atoms with Gasteiger partial charge in [0.2, 0.25) is 0 Å². The number of ether oxygens (including phenoxy) is 3. The minimum absolute atomic E-state index is 0.00285. The molecule has 1 aliphatic rings. The van der Waals surface area contributed by atoms with Crippen molar-refractivity contribution in [2.45, 2.75) is 33.1 Å². The van der Waals surface area contributed by atoms with Gasteiger partial charge < -0.3 is 14.2 Å². The maximum absolute atomic E-state index is 12.4. The van der Waals surface area contributed by atoms with Gasteiger partial charge in [0, 0.05) is 17.5 Å². The van der Waals surface area contributed by atoms with Gasteiger partial charge in [0.15, 0.2) is 11.5 Å². The van der Waals surface area contributed by atoms with E-state index >= 15 is 0 Å².